The molecule has 0 aromatic carbocycles. The van der Waals surface area contributed by atoms with E-state index in [1.165, 1.54) is 12.0 Å². The Morgan fingerprint density at radius 3 is 2.75 bits per heavy atom. The molecule has 0 amide bonds. The van der Waals surface area contributed by atoms with Gasteiger partial charge in [-0.1, -0.05) is 13.3 Å². The predicted octanol–water partition coefficient (Wildman–Crippen LogP) is 2.65. The van der Waals surface area contributed by atoms with E-state index in [0.29, 0.717) is 6.04 Å². The molecule has 0 radical (unpaired) electrons. The van der Waals surface area contributed by atoms with Crippen molar-refractivity contribution >= 4 is 0 Å². The molecule has 2 heteroatoms. The standard InChI is InChI=1S/C10H17NO/c1-4-5-10(11-3)9-6-7-12-8(9)2/h6-7,10-11H,4-5H2,1-3H3. The van der Waals surface area contributed by atoms with E-state index in [1.807, 2.05) is 20.0 Å². The molecule has 1 atom stereocenters. The van der Waals surface area contributed by atoms with Gasteiger partial charge in [0.1, 0.15) is 5.76 Å². The monoisotopic (exact) mass is 167 g/mol. The Morgan fingerprint density at radius 1 is 1.58 bits per heavy atom. The molecule has 0 fully saturated rings. The number of aryl methyl sites for hydroxylation is 1. The minimum absolute atomic E-state index is 0.453. The second-order valence-corrected chi connectivity index (χ2v) is 3.06. The smallest absolute Gasteiger partial charge is 0.105 e. The van der Waals surface area contributed by atoms with Crippen LogP contribution in [0.4, 0.5) is 0 Å². The molecule has 1 rings (SSSR count). The highest BCUT2D eigenvalue weighted by molar-refractivity contribution is 5.19. The summed E-state index contributed by atoms with van der Waals surface area (Å²) in [6.07, 6.45) is 4.11. The van der Waals surface area contributed by atoms with E-state index < -0.39 is 0 Å². The minimum Gasteiger partial charge on any atom is -0.469 e. The summed E-state index contributed by atoms with van der Waals surface area (Å²) in [7, 11) is 1.99. The summed E-state index contributed by atoms with van der Waals surface area (Å²) in [5.74, 6) is 1.03. The van der Waals surface area contributed by atoms with Gasteiger partial charge in [0.2, 0.25) is 0 Å². The van der Waals surface area contributed by atoms with E-state index >= 15 is 0 Å². The predicted molar refractivity (Wildman–Crippen MR) is 50.2 cm³/mol. The summed E-state index contributed by atoms with van der Waals surface area (Å²) in [5, 5.41) is 3.29. The van der Waals surface area contributed by atoms with Crippen LogP contribution in [0.15, 0.2) is 16.7 Å². The zero-order valence-corrected chi connectivity index (χ0v) is 8.05. The van der Waals surface area contributed by atoms with E-state index in [0.717, 1.165) is 12.2 Å². The van der Waals surface area contributed by atoms with Gasteiger partial charge in [-0.05, 0) is 26.5 Å². The van der Waals surface area contributed by atoms with Gasteiger partial charge in [-0.15, -0.1) is 0 Å². The maximum atomic E-state index is 5.25. The summed E-state index contributed by atoms with van der Waals surface area (Å²) < 4.78 is 5.25. The van der Waals surface area contributed by atoms with Crippen LogP contribution < -0.4 is 5.32 Å². The van der Waals surface area contributed by atoms with Crippen molar-refractivity contribution in [3.8, 4) is 0 Å². The maximum Gasteiger partial charge on any atom is 0.105 e. The van der Waals surface area contributed by atoms with Crippen LogP contribution in [0.1, 0.15) is 37.1 Å². The van der Waals surface area contributed by atoms with Crippen LogP contribution in [-0.2, 0) is 0 Å². The van der Waals surface area contributed by atoms with Crippen molar-refractivity contribution in [2.45, 2.75) is 32.7 Å². The third kappa shape index (κ3) is 1.89. The van der Waals surface area contributed by atoms with Gasteiger partial charge in [0.25, 0.3) is 0 Å². The third-order valence-electron chi connectivity index (χ3n) is 2.20. The topological polar surface area (TPSA) is 25.2 Å². The van der Waals surface area contributed by atoms with Gasteiger partial charge < -0.3 is 9.73 Å². The second kappa shape index (κ2) is 4.31. The van der Waals surface area contributed by atoms with Crippen molar-refractivity contribution < 1.29 is 4.42 Å². The van der Waals surface area contributed by atoms with Gasteiger partial charge in [0.05, 0.1) is 6.26 Å². The molecule has 1 aromatic rings. The molecule has 1 N–H and O–H groups in total. The first-order valence-corrected chi connectivity index (χ1v) is 4.50. The Bertz CT molecular complexity index is 229. The molecule has 12 heavy (non-hydrogen) atoms. The van der Waals surface area contributed by atoms with Crippen molar-refractivity contribution in [2.24, 2.45) is 0 Å². The van der Waals surface area contributed by atoms with Crippen molar-refractivity contribution in [3.05, 3.63) is 23.7 Å². The molecular formula is C10H17NO. The van der Waals surface area contributed by atoms with E-state index in [9.17, 15) is 0 Å². The molecule has 0 spiro atoms. The average molecular weight is 167 g/mol. The lowest BCUT2D eigenvalue weighted by molar-refractivity contribution is 0.498. The van der Waals surface area contributed by atoms with E-state index in [2.05, 4.69) is 12.2 Å². The molecule has 0 aliphatic carbocycles. The summed E-state index contributed by atoms with van der Waals surface area (Å²) >= 11 is 0. The Kier molecular flexibility index (Phi) is 3.35. The van der Waals surface area contributed by atoms with E-state index in [4.69, 9.17) is 4.42 Å². The molecule has 0 bridgehead atoms. The fourth-order valence-electron chi connectivity index (χ4n) is 1.50. The quantitative estimate of drug-likeness (QED) is 0.745. The number of hydrogen-bond acceptors (Lipinski definition) is 2. The minimum atomic E-state index is 0.453. The molecular weight excluding hydrogens is 150 g/mol. The van der Waals surface area contributed by atoms with Crippen LogP contribution in [-0.4, -0.2) is 7.05 Å². The number of furan rings is 1. The van der Waals surface area contributed by atoms with E-state index in [-0.39, 0.29) is 0 Å². The number of nitrogens with one attached hydrogen (secondary N) is 1. The fraction of sp³-hybridized carbons (Fsp3) is 0.600. The molecule has 0 saturated carbocycles. The normalized spacial score (nSPS) is 13.2. The Hall–Kier alpha value is -0.760. The van der Waals surface area contributed by atoms with Crippen LogP contribution in [0.2, 0.25) is 0 Å². The molecule has 1 unspecified atom stereocenters. The Labute approximate surface area is 74.0 Å². The Balaban J connectivity index is 2.72. The highest BCUT2D eigenvalue weighted by Crippen LogP contribution is 2.21. The third-order valence-corrected chi connectivity index (χ3v) is 2.20. The number of rotatable bonds is 4. The zero-order chi connectivity index (χ0) is 8.97. The molecule has 1 aromatic heterocycles. The van der Waals surface area contributed by atoms with Crippen molar-refractivity contribution in [1.29, 1.82) is 0 Å². The maximum absolute atomic E-state index is 5.25. The first-order chi connectivity index (χ1) is 5.79. The summed E-state index contributed by atoms with van der Waals surface area (Å²) in [4.78, 5) is 0. The lowest BCUT2D eigenvalue weighted by atomic mass is 10.0. The fourth-order valence-corrected chi connectivity index (χ4v) is 1.50. The van der Waals surface area contributed by atoms with Gasteiger partial charge in [-0.25, -0.2) is 0 Å². The molecule has 0 aliphatic rings. The number of hydrogen-bond donors (Lipinski definition) is 1. The first kappa shape index (κ1) is 9.33. The van der Waals surface area contributed by atoms with Gasteiger partial charge in [-0.2, -0.15) is 0 Å². The highest BCUT2D eigenvalue weighted by Gasteiger charge is 2.11. The lowest BCUT2D eigenvalue weighted by Gasteiger charge is -2.13. The van der Waals surface area contributed by atoms with Crippen molar-refractivity contribution in [1.82, 2.24) is 5.32 Å². The summed E-state index contributed by atoms with van der Waals surface area (Å²) in [6.45, 7) is 4.20. The van der Waals surface area contributed by atoms with Gasteiger partial charge in [0.15, 0.2) is 0 Å². The van der Waals surface area contributed by atoms with Crippen molar-refractivity contribution in [3.63, 3.8) is 0 Å². The summed E-state index contributed by atoms with van der Waals surface area (Å²) in [6, 6.07) is 2.50. The van der Waals surface area contributed by atoms with Crippen LogP contribution in [0.5, 0.6) is 0 Å². The molecule has 68 valence electrons. The SMILES string of the molecule is CCCC(NC)c1ccoc1C. The summed E-state index contributed by atoms with van der Waals surface area (Å²) in [5.41, 5.74) is 1.29. The van der Waals surface area contributed by atoms with Gasteiger partial charge in [0, 0.05) is 11.6 Å². The molecule has 1 heterocycles. The van der Waals surface area contributed by atoms with Crippen LogP contribution in [0, 0.1) is 6.92 Å². The Morgan fingerprint density at radius 2 is 2.33 bits per heavy atom. The van der Waals surface area contributed by atoms with Gasteiger partial charge in [-0.3, -0.25) is 0 Å². The molecule has 0 aliphatic heterocycles. The van der Waals surface area contributed by atoms with E-state index in [1.54, 1.807) is 6.26 Å². The first-order valence-electron chi connectivity index (χ1n) is 4.50. The molecule has 0 saturated heterocycles. The van der Waals surface area contributed by atoms with Gasteiger partial charge >= 0.3 is 0 Å². The van der Waals surface area contributed by atoms with Crippen LogP contribution in [0.3, 0.4) is 0 Å². The average Bonchev–Trinajstić information content (AvgIpc) is 2.47. The second-order valence-electron chi connectivity index (χ2n) is 3.06. The van der Waals surface area contributed by atoms with Crippen LogP contribution >= 0.6 is 0 Å². The van der Waals surface area contributed by atoms with Crippen molar-refractivity contribution in [2.75, 3.05) is 7.05 Å². The lowest BCUT2D eigenvalue weighted by Crippen LogP contribution is -2.16. The van der Waals surface area contributed by atoms with Crippen LogP contribution in [0.25, 0.3) is 0 Å². The molecule has 2 nitrogen and oxygen atoms in total. The largest absolute Gasteiger partial charge is 0.469 e. The highest BCUT2D eigenvalue weighted by atomic mass is 16.3. The zero-order valence-electron chi connectivity index (χ0n) is 8.05.